The first kappa shape index (κ1) is 18.3. The van der Waals surface area contributed by atoms with Crippen LogP contribution in [0.5, 0.6) is 11.5 Å². The van der Waals surface area contributed by atoms with Gasteiger partial charge < -0.3 is 14.8 Å². The molecule has 0 aromatic heterocycles. The maximum absolute atomic E-state index is 12.3. The zero-order chi connectivity index (χ0) is 18.4. The summed E-state index contributed by atoms with van der Waals surface area (Å²) >= 11 is 0. The largest absolute Gasteiger partial charge is 0.494 e. The molecule has 0 saturated heterocycles. The number of nitrogens with one attached hydrogen (secondary N) is 1. The summed E-state index contributed by atoms with van der Waals surface area (Å²) in [6.45, 7) is 6.00. The molecular weight excluding hydrogens is 324 g/mol. The lowest BCUT2D eigenvalue weighted by Gasteiger charge is -2.11. The zero-order valence-electron chi connectivity index (χ0n) is 14.3. The second-order valence-electron chi connectivity index (χ2n) is 5.51. The topological polar surface area (TPSA) is 90.7 Å². The van der Waals surface area contributed by atoms with E-state index in [-0.39, 0.29) is 17.5 Å². The van der Waals surface area contributed by atoms with Crippen molar-refractivity contribution in [3.05, 3.63) is 58.1 Å². The summed E-state index contributed by atoms with van der Waals surface area (Å²) in [4.78, 5) is 23.0. The molecule has 2 rings (SSSR count). The zero-order valence-corrected chi connectivity index (χ0v) is 14.3. The molecule has 0 aliphatic rings. The van der Waals surface area contributed by atoms with Crippen LogP contribution in [-0.2, 0) is 0 Å². The van der Waals surface area contributed by atoms with Gasteiger partial charge in [0.1, 0.15) is 17.2 Å². The molecule has 0 aliphatic heterocycles. The van der Waals surface area contributed by atoms with Crippen LogP contribution in [0.3, 0.4) is 0 Å². The Kier molecular flexibility index (Phi) is 5.94. The summed E-state index contributed by atoms with van der Waals surface area (Å²) in [6.07, 6.45) is 0.0335. The van der Waals surface area contributed by atoms with Crippen LogP contribution in [0.2, 0.25) is 0 Å². The number of benzene rings is 2. The van der Waals surface area contributed by atoms with Gasteiger partial charge in [0.15, 0.2) is 0 Å². The molecule has 0 radical (unpaired) electrons. The normalized spacial score (nSPS) is 10.4. The van der Waals surface area contributed by atoms with E-state index in [0.717, 1.165) is 0 Å². The second kappa shape index (κ2) is 8.14. The lowest BCUT2D eigenvalue weighted by atomic mass is 10.2. The van der Waals surface area contributed by atoms with Crippen LogP contribution >= 0.6 is 0 Å². The number of carbonyl (C=O) groups excluding carboxylic acids is 1. The summed E-state index contributed by atoms with van der Waals surface area (Å²) in [6, 6.07) is 10.9. The van der Waals surface area contributed by atoms with E-state index in [0.29, 0.717) is 23.7 Å². The van der Waals surface area contributed by atoms with Gasteiger partial charge in [-0.15, -0.1) is 0 Å². The van der Waals surface area contributed by atoms with Crippen molar-refractivity contribution in [3.63, 3.8) is 0 Å². The number of carbonyl (C=O) groups is 1. The van der Waals surface area contributed by atoms with Gasteiger partial charge in [-0.2, -0.15) is 0 Å². The second-order valence-corrected chi connectivity index (χ2v) is 5.51. The Bertz CT molecular complexity index is 757. The number of nitro groups is 1. The van der Waals surface area contributed by atoms with Gasteiger partial charge in [0, 0.05) is 5.56 Å². The van der Waals surface area contributed by atoms with Crippen LogP contribution in [0.25, 0.3) is 0 Å². The molecule has 0 saturated carbocycles. The highest BCUT2D eigenvalue weighted by atomic mass is 16.6. The third kappa shape index (κ3) is 4.94. The number of amides is 1. The highest BCUT2D eigenvalue weighted by Crippen LogP contribution is 2.29. The molecule has 0 spiro atoms. The Hall–Kier alpha value is -3.09. The minimum absolute atomic E-state index is 0.0335. The molecule has 1 amide bonds. The Morgan fingerprint density at radius 2 is 1.80 bits per heavy atom. The Balaban J connectivity index is 2.18. The van der Waals surface area contributed by atoms with Gasteiger partial charge in [0.25, 0.3) is 11.6 Å². The molecule has 132 valence electrons. The van der Waals surface area contributed by atoms with Crippen LogP contribution in [0.1, 0.15) is 31.1 Å². The third-order valence-electron chi connectivity index (χ3n) is 3.21. The predicted molar refractivity (Wildman–Crippen MR) is 94.4 cm³/mol. The summed E-state index contributed by atoms with van der Waals surface area (Å²) in [5.41, 5.74) is 0.263. The Morgan fingerprint density at radius 1 is 1.16 bits per heavy atom. The van der Waals surface area contributed by atoms with Crippen LogP contribution in [-0.4, -0.2) is 23.5 Å². The van der Waals surface area contributed by atoms with Crippen LogP contribution < -0.4 is 14.8 Å². The molecular formula is C18H20N2O5. The number of nitro benzene ring substituents is 1. The molecule has 0 heterocycles. The van der Waals surface area contributed by atoms with Gasteiger partial charge in [-0.3, -0.25) is 14.9 Å². The first-order chi connectivity index (χ1) is 11.9. The first-order valence-electron chi connectivity index (χ1n) is 7.90. The van der Waals surface area contributed by atoms with E-state index in [1.807, 2.05) is 13.8 Å². The molecule has 0 bridgehead atoms. The number of hydrogen-bond donors (Lipinski definition) is 1. The minimum Gasteiger partial charge on any atom is -0.494 e. The van der Waals surface area contributed by atoms with Gasteiger partial charge in [-0.25, -0.2) is 0 Å². The molecule has 2 aromatic carbocycles. The van der Waals surface area contributed by atoms with E-state index < -0.39 is 10.8 Å². The highest BCUT2D eigenvalue weighted by molar-refractivity contribution is 6.05. The maximum Gasteiger partial charge on any atom is 0.296 e. The average Bonchev–Trinajstić information content (AvgIpc) is 2.56. The van der Waals surface area contributed by atoms with Crippen LogP contribution in [0.15, 0.2) is 42.5 Å². The molecule has 7 nitrogen and oxygen atoms in total. The fourth-order valence-corrected chi connectivity index (χ4v) is 2.18. The van der Waals surface area contributed by atoms with Crippen molar-refractivity contribution in [3.8, 4) is 11.5 Å². The standard InChI is InChI=1S/C18H20N2O5/c1-4-24-15-9-10-16(17(11-15)20(22)23)19-18(21)13-5-7-14(8-6-13)25-12(2)3/h5-12H,4H2,1-3H3,(H,19,21). The van der Waals surface area contributed by atoms with Crippen molar-refractivity contribution in [2.24, 2.45) is 0 Å². The molecule has 2 aromatic rings. The molecule has 0 atom stereocenters. The van der Waals surface area contributed by atoms with E-state index in [9.17, 15) is 14.9 Å². The molecule has 25 heavy (non-hydrogen) atoms. The highest BCUT2D eigenvalue weighted by Gasteiger charge is 2.18. The first-order valence-corrected chi connectivity index (χ1v) is 7.90. The van der Waals surface area contributed by atoms with Gasteiger partial charge in [-0.05, 0) is 57.2 Å². The predicted octanol–water partition coefficient (Wildman–Crippen LogP) is 4.03. The minimum atomic E-state index is -0.558. The van der Waals surface area contributed by atoms with Gasteiger partial charge in [-0.1, -0.05) is 0 Å². The van der Waals surface area contributed by atoms with E-state index in [1.54, 1.807) is 37.3 Å². The molecule has 1 N–H and O–H groups in total. The van der Waals surface area contributed by atoms with E-state index in [1.165, 1.54) is 12.1 Å². The molecule has 7 heteroatoms. The number of rotatable bonds is 7. The van der Waals surface area contributed by atoms with E-state index >= 15 is 0 Å². The quantitative estimate of drug-likeness (QED) is 0.605. The monoisotopic (exact) mass is 344 g/mol. The third-order valence-corrected chi connectivity index (χ3v) is 3.21. The van der Waals surface area contributed by atoms with Gasteiger partial charge in [0.2, 0.25) is 0 Å². The van der Waals surface area contributed by atoms with Gasteiger partial charge >= 0.3 is 0 Å². The summed E-state index contributed by atoms with van der Waals surface area (Å²) in [7, 11) is 0. The van der Waals surface area contributed by atoms with Gasteiger partial charge in [0.05, 0.1) is 23.7 Å². The SMILES string of the molecule is CCOc1ccc(NC(=O)c2ccc(OC(C)C)cc2)c([N+](=O)[O-])c1. The fourth-order valence-electron chi connectivity index (χ4n) is 2.18. The van der Waals surface area contributed by atoms with Crippen molar-refractivity contribution < 1.29 is 19.2 Å². The van der Waals surface area contributed by atoms with Crippen molar-refractivity contribution in [2.45, 2.75) is 26.9 Å². The number of ether oxygens (including phenoxy) is 2. The fraction of sp³-hybridized carbons (Fsp3) is 0.278. The molecule has 0 aliphatic carbocycles. The number of nitrogens with zero attached hydrogens (tertiary/aromatic N) is 1. The van der Waals surface area contributed by atoms with E-state index in [2.05, 4.69) is 5.32 Å². The number of anilines is 1. The maximum atomic E-state index is 12.3. The van der Waals surface area contributed by atoms with Crippen molar-refractivity contribution in [1.82, 2.24) is 0 Å². The Morgan fingerprint density at radius 3 is 2.36 bits per heavy atom. The average molecular weight is 344 g/mol. The summed E-state index contributed by atoms with van der Waals surface area (Å²) < 4.78 is 10.8. The molecule has 0 fully saturated rings. The summed E-state index contributed by atoms with van der Waals surface area (Å²) in [5, 5.41) is 13.8. The van der Waals surface area contributed by atoms with Crippen LogP contribution in [0, 0.1) is 10.1 Å². The lowest BCUT2D eigenvalue weighted by molar-refractivity contribution is -0.384. The molecule has 0 unspecified atom stereocenters. The van der Waals surface area contributed by atoms with Crippen molar-refractivity contribution in [1.29, 1.82) is 0 Å². The number of hydrogen-bond acceptors (Lipinski definition) is 5. The summed E-state index contributed by atoms with van der Waals surface area (Å²) in [5.74, 6) is 0.587. The van der Waals surface area contributed by atoms with Crippen LogP contribution in [0.4, 0.5) is 11.4 Å². The Labute approximate surface area is 145 Å². The van der Waals surface area contributed by atoms with Crippen molar-refractivity contribution in [2.75, 3.05) is 11.9 Å². The van der Waals surface area contributed by atoms with Crippen molar-refractivity contribution >= 4 is 17.3 Å². The lowest BCUT2D eigenvalue weighted by Crippen LogP contribution is -2.13. The smallest absolute Gasteiger partial charge is 0.296 e. The van der Waals surface area contributed by atoms with E-state index in [4.69, 9.17) is 9.47 Å².